The third kappa shape index (κ3) is 3.30. The van der Waals surface area contributed by atoms with Crippen LogP contribution in [0.3, 0.4) is 0 Å². The van der Waals surface area contributed by atoms with E-state index in [1.807, 2.05) is 18.2 Å². The van der Waals surface area contributed by atoms with Crippen LogP contribution in [-0.4, -0.2) is 18.4 Å². The Hall–Kier alpha value is -2.01. The van der Waals surface area contributed by atoms with Gasteiger partial charge in [0.05, 0.1) is 36.5 Å². The first-order valence-electron chi connectivity index (χ1n) is 6.09. The maximum absolute atomic E-state index is 12.3. The molecule has 5 heteroatoms. The molecule has 106 valence electrons. The molecule has 1 atom stereocenters. The Labute approximate surface area is 121 Å². The maximum atomic E-state index is 12.3. The minimum absolute atomic E-state index is 0.417. The molecule has 1 unspecified atom stereocenters. The maximum Gasteiger partial charge on any atom is 0.141 e. The summed E-state index contributed by atoms with van der Waals surface area (Å²) in [5.41, 5.74) is 7.31. The minimum Gasteiger partial charge on any atom is -0.497 e. The Kier molecular flexibility index (Phi) is 4.63. The van der Waals surface area contributed by atoms with Crippen LogP contribution in [-0.2, 0) is 16.6 Å². The molecular weight excluding hydrogens is 274 g/mol. The second-order valence-electron chi connectivity index (χ2n) is 4.24. The molecule has 2 N–H and O–H groups in total. The fourth-order valence-corrected chi connectivity index (χ4v) is 2.92. The molecule has 0 heterocycles. The fourth-order valence-electron chi connectivity index (χ4n) is 1.84. The highest BCUT2D eigenvalue weighted by Crippen LogP contribution is 2.24. The third-order valence-corrected chi connectivity index (χ3v) is 4.31. The molecule has 0 amide bonds. The summed E-state index contributed by atoms with van der Waals surface area (Å²) in [6.45, 7) is 0. The number of nitrogen functional groups attached to an aromatic ring is 1. The summed E-state index contributed by atoms with van der Waals surface area (Å²) in [6, 6.07) is 12.7. The molecule has 0 aliphatic carbocycles. The van der Waals surface area contributed by atoms with E-state index in [-0.39, 0.29) is 0 Å². The molecule has 0 bridgehead atoms. The van der Waals surface area contributed by atoms with Crippen molar-refractivity contribution in [3.8, 4) is 11.5 Å². The second kappa shape index (κ2) is 6.43. The van der Waals surface area contributed by atoms with Crippen LogP contribution in [0.25, 0.3) is 0 Å². The molecule has 0 saturated heterocycles. The van der Waals surface area contributed by atoms with Gasteiger partial charge in [-0.25, -0.2) is 0 Å². The van der Waals surface area contributed by atoms with Gasteiger partial charge >= 0.3 is 0 Å². The number of anilines is 1. The van der Waals surface area contributed by atoms with Crippen molar-refractivity contribution in [1.29, 1.82) is 0 Å². The van der Waals surface area contributed by atoms with E-state index in [0.717, 1.165) is 16.2 Å². The summed E-state index contributed by atoms with van der Waals surface area (Å²) in [5.74, 6) is 1.80. The zero-order valence-corrected chi connectivity index (χ0v) is 12.3. The fraction of sp³-hybridized carbons (Fsp3) is 0.200. The van der Waals surface area contributed by atoms with Gasteiger partial charge in [0, 0.05) is 4.90 Å². The van der Waals surface area contributed by atoms with Crippen molar-refractivity contribution in [3.63, 3.8) is 0 Å². The van der Waals surface area contributed by atoms with Crippen LogP contribution in [0.4, 0.5) is 5.69 Å². The van der Waals surface area contributed by atoms with Gasteiger partial charge in [0.25, 0.3) is 0 Å². The van der Waals surface area contributed by atoms with Crippen LogP contribution >= 0.6 is 0 Å². The molecule has 0 aliphatic rings. The molecule has 0 saturated carbocycles. The van der Waals surface area contributed by atoms with Crippen LogP contribution in [0.2, 0.25) is 0 Å². The van der Waals surface area contributed by atoms with Crippen molar-refractivity contribution in [3.05, 3.63) is 48.0 Å². The number of methoxy groups -OCH3 is 2. The average molecular weight is 291 g/mol. The molecule has 2 aromatic rings. The van der Waals surface area contributed by atoms with Crippen molar-refractivity contribution in [2.24, 2.45) is 0 Å². The molecule has 0 spiro atoms. The van der Waals surface area contributed by atoms with E-state index in [4.69, 9.17) is 15.2 Å². The Balaban J connectivity index is 2.12. The van der Waals surface area contributed by atoms with E-state index in [1.54, 1.807) is 38.5 Å². The lowest BCUT2D eigenvalue weighted by Crippen LogP contribution is -1.99. The molecule has 20 heavy (non-hydrogen) atoms. The van der Waals surface area contributed by atoms with E-state index in [9.17, 15) is 4.21 Å². The monoisotopic (exact) mass is 291 g/mol. The van der Waals surface area contributed by atoms with E-state index >= 15 is 0 Å². The average Bonchev–Trinajstić information content (AvgIpc) is 2.47. The predicted molar refractivity (Wildman–Crippen MR) is 80.5 cm³/mol. The van der Waals surface area contributed by atoms with Gasteiger partial charge in [0.15, 0.2) is 0 Å². The van der Waals surface area contributed by atoms with Crippen LogP contribution in [0.5, 0.6) is 11.5 Å². The molecule has 4 nitrogen and oxygen atoms in total. The van der Waals surface area contributed by atoms with Gasteiger partial charge < -0.3 is 15.2 Å². The first kappa shape index (κ1) is 14.4. The molecule has 2 rings (SSSR count). The summed E-state index contributed by atoms with van der Waals surface area (Å²) in [4.78, 5) is 0.764. The number of benzene rings is 2. The van der Waals surface area contributed by atoms with Crippen molar-refractivity contribution in [1.82, 2.24) is 0 Å². The molecule has 2 aromatic carbocycles. The van der Waals surface area contributed by atoms with Crippen LogP contribution in [0.15, 0.2) is 47.4 Å². The van der Waals surface area contributed by atoms with Crippen LogP contribution in [0.1, 0.15) is 5.56 Å². The highest BCUT2D eigenvalue weighted by atomic mass is 32.2. The zero-order valence-electron chi connectivity index (χ0n) is 11.5. The summed E-state index contributed by atoms with van der Waals surface area (Å²) >= 11 is 0. The van der Waals surface area contributed by atoms with Gasteiger partial charge in [-0.2, -0.15) is 0 Å². The van der Waals surface area contributed by atoms with Crippen molar-refractivity contribution < 1.29 is 13.7 Å². The number of rotatable bonds is 5. The topological polar surface area (TPSA) is 61.5 Å². The Morgan fingerprint density at radius 3 is 2.30 bits per heavy atom. The molecule has 0 aliphatic heterocycles. The van der Waals surface area contributed by atoms with Gasteiger partial charge in [-0.05, 0) is 42.0 Å². The van der Waals surface area contributed by atoms with Crippen molar-refractivity contribution in [2.45, 2.75) is 10.6 Å². The second-order valence-corrected chi connectivity index (χ2v) is 5.69. The number of nitrogens with two attached hydrogens (primary N) is 1. The lowest BCUT2D eigenvalue weighted by molar-refractivity contribution is 0.414. The van der Waals surface area contributed by atoms with Gasteiger partial charge in [-0.3, -0.25) is 4.21 Å². The molecule has 0 fully saturated rings. The first-order valence-corrected chi connectivity index (χ1v) is 7.40. The Bertz CT molecular complexity index is 611. The normalized spacial score (nSPS) is 11.9. The van der Waals surface area contributed by atoms with Gasteiger partial charge in [0.2, 0.25) is 0 Å². The Morgan fingerprint density at radius 1 is 1.05 bits per heavy atom. The van der Waals surface area contributed by atoms with E-state index < -0.39 is 10.8 Å². The van der Waals surface area contributed by atoms with Gasteiger partial charge in [-0.1, -0.05) is 6.07 Å². The molecular formula is C15H17NO3S. The van der Waals surface area contributed by atoms with E-state index in [0.29, 0.717) is 17.2 Å². The van der Waals surface area contributed by atoms with Crippen LogP contribution < -0.4 is 15.2 Å². The number of hydrogen-bond acceptors (Lipinski definition) is 4. The third-order valence-electron chi connectivity index (χ3n) is 2.91. The van der Waals surface area contributed by atoms with Crippen LogP contribution in [0, 0.1) is 0 Å². The Morgan fingerprint density at radius 2 is 1.75 bits per heavy atom. The smallest absolute Gasteiger partial charge is 0.141 e. The van der Waals surface area contributed by atoms with Gasteiger partial charge in [0.1, 0.15) is 11.5 Å². The zero-order chi connectivity index (χ0) is 14.5. The highest BCUT2D eigenvalue weighted by Gasteiger charge is 2.07. The summed E-state index contributed by atoms with van der Waals surface area (Å²) < 4.78 is 22.5. The quantitative estimate of drug-likeness (QED) is 0.860. The standard InChI is InChI=1S/C15H17NO3S/c1-18-12-4-6-13(7-5-12)20(17)10-11-3-8-15(19-2)14(16)9-11/h3-9H,10,16H2,1-2H3. The molecule has 0 aromatic heterocycles. The van der Waals surface area contributed by atoms with Crippen molar-refractivity contribution in [2.75, 3.05) is 20.0 Å². The lowest BCUT2D eigenvalue weighted by atomic mass is 10.2. The number of ether oxygens (including phenoxy) is 2. The van der Waals surface area contributed by atoms with E-state index in [2.05, 4.69) is 0 Å². The first-order chi connectivity index (χ1) is 9.63. The summed E-state index contributed by atoms with van der Waals surface area (Å²) in [5, 5.41) is 0. The minimum atomic E-state index is -1.11. The van der Waals surface area contributed by atoms with Crippen molar-refractivity contribution >= 4 is 16.5 Å². The molecule has 0 radical (unpaired) electrons. The van der Waals surface area contributed by atoms with Gasteiger partial charge in [-0.15, -0.1) is 0 Å². The highest BCUT2D eigenvalue weighted by molar-refractivity contribution is 7.84. The van der Waals surface area contributed by atoms with E-state index in [1.165, 1.54) is 0 Å². The SMILES string of the molecule is COc1ccc(S(=O)Cc2ccc(OC)c(N)c2)cc1. The largest absolute Gasteiger partial charge is 0.497 e. The summed E-state index contributed by atoms with van der Waals surface area (Å²) in [7, 11) is 2.06. The lowest BCUT2D eigenvalue weighted by Gasteiger charge is -2.08. The summed E-state index contributed by atoms with van der Waals surface area (Å²) in [6.07, 6.45) is 0. The number of hydrogen-bond donors (Lipinski definition) is 1. The predicted octanol–water partition coefficient (Wildman–Crippen LogP) is 2.59.